The molecule has 7 rings (SSSR count). The Hall–Kier alpha value is -4.01. The van der Waals surface area contributed by atoms with E-state index in [4.69, 9.17) is 24.4 Å². The van der Waals surface area contributed by atoms with Gasteiger partial charge in [0.15, 0.2) is 0 Å². The molecular weight excluding hydrogens is 689 g/mol. The Kier molecular flexibility index (Phi) is 9.86. The third-order valence-corrected chi connectivity index (χ3v) is 18.7. The van der Waals surface area contributed by atoms with Crippen LogP contribution in [0.3, 0.4) is 0 Å². The number of phenolic OH excluding ortho intramolecular Hbond substituents is 1. The van der Waals surface area contributed by atoms with Crippen molar-refractivity contribution in [1.29, 1.82) is 0 Å². The van der Waals surface area contributed by atoms with Gasteiger partial charge in [-0.1, -0.05) is 67.4 Å². The molecule has 3 aliphatic heterocycles. The molecule has 0 aliphatic carbocycles. The number of nitrogens with zero attached hydrogens (tertiary/aromatic N) is 5. The van der Waals surface area contributed by atoms with Crippen molar-refractivity contribution in [2.45, 2.75) is 109 Å². The minimum absolute atomic E-state index is 0.0190. The van der Waals surface area contributed by atoms with Crippen molar-refractivity contribution in [3.63, 3.8) is 0 Å². The zero-order valence-corrected chi connectivity index (χ0v) is 33.6. The van der Waals surface area contributed by atoms with Crippen molar-refractivity contribution in [3.05, 3.63) is 41.7 Å². The van der Waals surface area contributed by atoms with Crippen molar-refractivity contribution in [2.24, 2.45) is 5.92 Å². The van der Waals surface area contributed by atoms with E-state index in [2.05, 4.69) is 76.7 Å². The highest BCUT2D eigenvalue weighted by atomic mass is 28.3. The van der Waals surface area contributed by atoms with E-state index in [-0.39, 0.29) is 29.3 Å². The minimum atomic E-state index is -2.21. The van der Waals surface area contributed by atoms with Crippen LogP contribution in [0.1, 0.15) is 80.2 Å². The summed E-state index contributed by atoms with van der Waals surface area (Å²) < 4.78 is 43.6. The van der Waals surface area contributed by atoms with E-state index in [1.54, 1.807) is 18.2 Å². The maximum Gasteiger partial charge on any atom is 0.319 e. The van der Waals surface area contributed by atoms with Crippen molar-refractivity contribution < 1.29 is 23.4 Å². The van der Waals surface area contributed by atoms with Gasteiger partial charge in [0, 0.05) is 31.0 Å². The fraction of sp³-hybridized carbons (Fsp3) is 0.548. The van der Waals surface area contributed by atoms with E-state index in [1.807, 2.05) is 13.1 Å². The van der Waals surface area contributed by atoms with Gasteiger partial charge in [-0.2, -0.15) is 9.97 Å². The summed E-state index contributed by atoms with van der Waals surface area (Å²) in [5.74, 6) is 4.21. The van der Waals surface area contributed by atoms with Gasteiger partial charge in [-0.15, -0.1) is 5.54 Å². The molecule has 2 aromatic heterocycles. The van der Waals surface area contributed by atoms with Crippen LogP contribution in [0.25, 0.3) is 32.9 Å². The number of alkyl halides is 1. The lowest BCUT2D eigenvalue weighted by atomic mass is 9.95. The van der Waals surface area contributed by atoms with E-state index in [0.29, 0.717) is 93.0 Å². The van der Waals surface area contributed by atoms with Crippen LogP contribution in [-0.2, 0) is 0 Å². The summed E-state index contributed by atoms with van der Waals surface area (Å²) in [6.45, 7) is 19.7. The first-order chi connectivity index (χ1) is 25.1. The molecule has 282 valence electrons. The zero-order chi connectivity index (χ0) is 38.0. The lowest BCUT2D eigenvalue weighted by molar-refractivity contribution is 0.107. The third-order valence-electron chi connectivity index (χ3n) is 12.4. The summed E-state index contributed by atoms with van der Waals surface area (Å²) in [5, 5.41) is 12.9. The van der Waals surface area contributed by atoms with Crippen LogP contribution in [0.4, 0.5) is 14.6 Å². The molecule has 0 saturated carbocycles. The van der Waals surface area contributed by atoms with Crippen LogP contribution in [0, 0.1) is 23.2 Å². The number of hydrogen-bond acceptors (Lipinski definition) is 8. The molecule has 3 aliphatic rings. The van der Waals surface area contributed by atoms with Gasteiger partial charge in [-0.05, 0) is 71.6 Å². The maximum absolute atomic E-state index is 16.1. The average molecular weight is 742 g/mol. The van der Waals surface area contributed by atoms with Crippen molar-refractivity contribution in [3.8, 4) is 40.4 Å². The van der Waals surface area contributed by atoms with Crippen LogP contribution in [0.2, 0.25) is 16.6 Å². The number of ether oxygens (including phenoxy) is 2. The largest absolute Gasteiger partial charge is 0.508 e. The Bertz CT molecular complexity index is 2090. The van der Waals surface area contributed by atoms with Crippen molar-refractivity contribution in [2.75, 3.05) is 38.3 Å². The van der Waals surface area contributed by atoms with E-state index in [9.17, 15) is 9.50 Å². The van der Waals surface area contributed by atoms with Crippen LogP contribution in [0.15, 0.2) is 30.3 Å². The second-order valence-electron chi connectivity index (χ2n) is 16.8. The van der Waals surface area contributed by atoms with Gasteiger partial charge in [-0.3, -0.25) is 4.90 Å². The quantitative estimate of drug-likeness (QED) is 0.142. The lowest BCUT2D eigenvalue weighted by Gasteiger charge is -2.38. The molecule has 4 aromatic rings. The van der Waals surface area contributed by atoms with E-state index >= 15 is 4.39 Å². The van der Waals surface area contributed by atoms with E-state index in [1.165, 1.54) is 6.07 Å². The minimum Gasteiger partial charge on any atom is -0.508 e. The Morgan fingerprint density at radius 3 is 2.45 bits per heavy atom. The smallest absolute Gasteiger partial charge is 0.319 e. The Balaban J connectivity index is 1.42. The predicted molar refractivity (Wildman–Crippen MR) is 211 cm³/mol. The molecule has 8 nitrogen and oxygen atoms in total. The number of aromatic nitrogens is 3. The number of pyridine rings is 1. The number of rotatable bonds is 8. The average Bonchev–Trinajstić information content (AvgIpc) is 3.57. The molecule has 2 aromatic carbocycles. The summed E-state index contributed by atoms with van der Waals surface area (Å²) in [7, 11) is -0.219. The highest BCUT2D eigenvalue weighted by molar-refractivity contribution is 6.90. The second kappa shape index (κ2) is 14.0. The fourth-order valence-corrected chi connectivity index (χ4v) is 14.9. The van der Waals surface area contributed by atoms with Gasteiger partial charge >= 0.3 is 6.01 Å². The number of benzene rings is 2. The maximum atomic E-state index is 16.1. The van der Waals surface area contributed by atoms with Gasteiger partial charge in [0.05, 0.1) is 28.4 Å². The lowest BCUT2D eigenvalue weighted by Crippen LogP contribution is -2.43. The Labute approximate surface area is 313 Å². The fourth-order valence-electron chi connectivity index (χ4n) is 9.72. The molecule has 0 radical (unpaired) electrons. The third kappa shape index (κ3) is 6.39. The van der Waals surface area contributed by atoms with Gasteiger partial charge in [0.2, 0.25) is 5.88 Å². The van der Waals surface area contributed by atoms with Crippen LogP contribution < -0.4 is 14.4 Å². The summed E-state index contributed by atoms with van der Waals surface area (Å²) in [6.07, 6.45) is 1.45. The zero-order valence-electron chi connectivity index (χ0n) is 32.6. The predicted octanol–water partition coefficient (Wildman–Crippen LogP) is 9.07. The molecule has 1 N–H and O–H groups in total. The molecule has 0 amide bonds. The first-order valence-corrected chi connectivity index (χ1v) is 21.5. The molecule has 2 saturated heterocycles. The van der Waals surface area contributed by atoms with Crippen molar-refractivity contribution in [1.82, 2.24) is 19.9 Å². The molecule has 0 spiro atoms. The van der Waals surface area contributed by atoms with Crippen molar-refractivity contribution >= 4 is 35.6 Å². The normalized spacial score (nSPS) is 21.8. The number of likely N-dealkylation sites (N-methyl/N-ethyl adjacent to an activating group) is 1. The molecule has 0 unspecified atom stereocenters. The standard InChI is InChI=1S/C42H53F2N5O3Si/c1-24(2)36-22-51-40-38-35(46-41(47-39(38)48(36)9)52-23-42-14-10-15-49(42)21-29(43)20-42)19-34(45-40)32-18-30(50)17-28-11-12-33(44)31(37(28)32)13-16-53(25(3)4,26(5)6)27(7)8/h11-12,17-19,24-27,29,36,50H,10,14-15,20-23H2,1-9H3/t29-,36-,42+/m1/s1. The molecule has 53 heavy (non-hydrogen) atoms. The summed E-state index contributed by atoms with van der Waals surface area (Å²) in [5.41, 5.74) is 6.27. The molecule has 2 fully saturated rings. The molecule has 3 atom stereocenters. The van der Waals surface area contributed by atoms with Crippen LogP contribution in [-0.4, -0.2) is 84.1 Å². The second-order valence-corrected chi connectivity index (χ2v) is 22.4. The number of aromatic hydroxyl groups is 1. The molecule has 11 heteroatoms. The van der Waals surface area contributed by atoms with E-state index in [0.717, 1.165) is 19.4 Å². The number of phenols is 1. The topological polar surface area (TPSA) is 83.8 Å². The van der Waals surface area contributed by atoms with Gasteiger partial charge in [0.1, 0.15) is 50.2 Å². The summed E-state index contributed by atoms with van der Waals surface area (Å²) in [6, 6.07) is 8.37. The first kappa shape index (κ1) is 37.3. The monoisotopic (exact) mass is 741 g/mol. The SMILES string of the molecule is CC(C)[C@H]1COc2nc(-c3cc(O)cc4ccc(F)c(C#C[Si](C(C)C)(C(C)C)C(C)C)c34)cc3nc(OC[C@@]45CCCN4C[C@H](F)C5)nc(c23)N1C. The number of fused-ring (bicyclic) bond motifs is 2. The number of halogens is 2. The molecular formula is C42H53F2N5O3Si. The summed E-state index contributed by atoms with van der Waals surface area (Å²) >= 11 is 0. The molecule has 5 heterocycles. The Morgan fingerprint density at radius 1 is 1.02 bits per heavy atom. The summed E-state index contributed by atoms with van der Waals surface area (Å²) in [4.78, 5) is 19.2. The highest BCUT2D eigenvalue weighted by Gasteiger charge is 2.49. The van der Waals surface area contributed by atoms with E-state index < -0.39 is 20.1 Å². The van der Waals surface area contributed by atoms with Gasteiger partial charge in [-0.25, -0.2) is 13.8 Å². The Morgan fingerprint density at radius 2 is 1.75 bits per heavy atom. The number of hydrogen-bond donors (Lipinski definition) is 1. The highest BCUT2D eigenvalue weighted by Crippen LogP contribution is 2.44. The van der Waals surface area contributed by atoms with Gasteiger partial charge in [0.25, 0.3) is 0 Å². The van der Waals surface area contributed by atoms with Crippen LogP contribution in [0.5, 0.6) is 17.6 Å². The van der Waals surface area contributed by atoms with Gasteiger partial charge < -0.3 is 19.5 Å². The molecule has 0 bridgehead atoms. The van der Waals surface area contributed by atoms with Crippen LogP contribution >= 0.6 is 0 Å². The number of anilines is 1. The first-order valence-electron chi connectivity index (χ1n) is 19.2.